The van der Waals surface area contributed by atoms with Crippen LogP contribution in [-0.2, 0) is 5.54 Å². The van der Waals surface area contributed by atoms with Gasteiger partial charge in [-0.05, 0) is 31.4 Å². The second-order valence-electron chi connectivity index (χ2n) is 6.74. The summed E-state index contributed by atoms with van der Waals surface area (Å²) in [5.74, 6) is 2.10. The van der Waals surface area contributed by atoms with Crippen LogP contribution in [-0.4, -0.2) is 24.9 Å². The SMILES string of the molecule is CC(C)c1nc(-c2nc(C3(N)CCC3)no2)nn1-c1ccccc1Cl. The van der Waals surface area contributed by atoms with Crippen molar-refractivity contribution in [2.45, 2.75) is 44.6 Å². The third-order valence-electron chi connectivity index (χ3n) is 4.54. The van der Waals surface area contributed by atoms with Crippen LogP contribution in [0.25, 0.3) is 17.4 Å². The van der Waals surface area contributed by atoms with Crippen LogP contribution >= 0.6 is 11.6 Å². The monoisotopic (exact) mass is 358 g/mol. The molecule has 4 rings (SSSR count). The summed E-state index contributed by atoms with van der Waals surface area (Å²) in [6.45, 7) is 4.09. The summed E-state index contributed by atoms with van der Waals surface area (Å²) in [5.41, 5.74) is 6.55. The Morgan fingerprint density at radius 2 is 2.00 bits per heavy atom. The van der Waals surface area contributed by atoms with Gasteiger partial charge in [0.15, 0.2) is 5.82 Å². The van der Waals surface area contributed by atoms with Crippen LogP contribution < -0.4 is 5.73 Å². The minimum atomic E-state index is -0.478. The number of hydrogen-bond acceptors (Lipinski definition) is 6. The zero-order valence-corrected chi connectivity index (χ0v) is 14.9. The molecular weight excluding hydrogens is 340 g/mol. The van der Waals surface area contributed by atoms with Crippen LogP contribution in [0, 0.1) is 0 Å². The van der Waals surface area contributed by atoms with E-state index in [9.17, 15) is 0 Å². The Bertz CT molecular complexity index is 912. The summed E-state index contributed by atoms with van der Waals surface area (Å²) in [6, 6.07) is 7.51. The number of para-hydroxylation sites is 1. The highest BCUT2D eigenvalue weighted by atomic mass is 35.5. The Kier molecular flexibility index (Phi) is 3.85. The van der Waals surface area contributed by atoms with Gasteiger partial charge in [0.2, 0.25) is 5.82 Å². The lowest BCUT2D eigenvalue weighted by Crippen LogP contribution is -2.44. The maximum absolute atomic E-state index is 6.32. The van der Waals surface area contributed by atoms with Gasteiger partial charge in [0, 0.05) is 5.92 Å². The molecule has 3 aromatic rings. The first-order chi connectivity index (χ1) is 12.0. The first-order valence-electron chi connectivity index (χ1n) is 8.33. The lowest BCUT2D eigenvalue weighted by Gasteiger charge is -2.34. The van der Waals surface area contributed by atoms with Crippen LogP contribution in [0.2, 0.25) is 5.02 Å². The molecule has 0 amide bonds. The second-order valence-corrected chi connectivity index (χ2v) is 7.15. The molecule has 1 aliphatic rings. The number of nitrogens with zero attached hydrogens (tertiary/aromatic N) is 5. The van der Waals surface area contributed by atoms with E-state index in [-0.39, 0.29) is 11.8 Å². The molecule has 0 aliphatic heterocycles. The quantitative estimate of drug-likeness (QED) is 0.767. The molecule has 0 spiro atoms. The molecule has 0 saturated heterocycles. The largest absolute Gasteiger partial charge is 0.330 e. The van der Waals surface area contributed by atoms with Crippen molar-refractivity contribution in [2.24, 2.45) is 5.73 Å². The maximum atomic E-state index is 6.32. The van der Waals surface area contributed by atoms with E-state index < -0.39 is 5.54 Å². The molecule has 1 fully saturated rings. The highest BCUT2D eigenvalue weighted by Gasteiger charge is 2.39. The molecule has 0 atom stereocenters. The van der Waals surface area contributed by atoms with E-state index in [2.05, 4.69) is 20.2 Å². The second kappa shape index (κ2) is 5.93. The average molecular weight is 359 g/mol. The molecule has 1 aromatic carbocycles. The summed E-state index contributed by atoms with van der Waals surface area (Å²) in [5, 5.41) is 9.19. The van der Waals surface area contributed by atoms with Crippen molar-refractivity contribution in [3.8, 4) is 17.4 Å². The number of aromatic nitrogens is 5. The normalized spacial score (nSPS) is 16.2. The number of nitrogens with two attached hydrogens (primary N) is 1. The summed E-state index contributed by atoms with van der Waals surface area (Å²) in [4.78, 5) is 9.02. The number of hydrogen-bond donors (Lipinski definition) is 1. The van der Waals surface area contributed by atoms with Gasteiger partial charge in [-0.25, -0.2) is 9.67 Å². The van der Waals surface area contributed by atoms with E-state index >= 15 is 0 Å². The van der Waals surface area contributed by atoms with Crippen LogP contribution in [0.1, 0.15) is 50.7 Å². The highest BCUT2D eigenvalue weighted by Crippen LogP contribution is 2.37. The van der Waals surface area contributed by atoms with E-state index in [1.54, 1.807) is 4.68 Å². The molecule has 0 bridgehead atoms. The molecule has 2 N–H and O–H groups in total. The molecule has 7 nitrogen and oxygen atoms in total. The van der Waals surface area contributed by atoms with Gasteiger partial charge in [-0.3, -0.25) is 0 Å². The minimum absolute atomic E-state index is 0.146. The summed E-state index contributed by atoms with van der Waals surface area (Å²) >= 11 is 6.32. The fourth-order valence-electron chi connectivity index (χ4n) is 2.89. The molecule has 25 heavy (non-hydrogen) atoms. The summed E-state index contributed by atoms with van der Waals surface area (Å²) in [6.07, 6.45) is 2.81. The molecule has 130 valence electrons. The lowest BCUT2D eigenvalue weighted by atomic mass is 9.77. The fourth-order valence-corrected chi connectivity index (χ4v) is 3.10. The standard InChI is InChI=1S/C17H19ClN6O/c1-10(2)14-20-13(22-24(14)12-7-4-3-6-11(12)18)15-21-16(23-25-15)17(19)8-5-9-17/h3-4,6-7,10H,5,8-9,19H2,1-2H3. The van der Waals surface area contributed by atoms with Gasteiger partial charge in [-0.2, -0.15) is 4.98 Å². The minimum Gasteiger partial charge on any atom is -0.330 e. The van der Waals surface area contributed by atoms with Crippen molar-refractivity contribution >= 4 is 11.6 Å². The Morgan fingerprint density at radius 1 is 1.24 bits per heavy atom. The number of benzene rings is 1. The van der Waals surface area contributed by atoms with Crippen molar-refractivity contribution in [3.05, 3.63) is 40.9 Å². The Morgan fingerprint density at radius 3 is 2.64 bits per heavy atom. The maximum Gasteiger partial charge on any atom is 0.297 e. The van der Waals surface area contributed by atoms with Gasteiger partial charge in [0.1, 0.15) is 5.82 Å². The molecule has 0 radical (unpaired) electrons. The van der Waals surface area contributed by atoms with Gasteiger partial charge in [-0.1, -0.05) is 42.7 Å². The molecule has 0 unspecified atom stereocenters. The highest BCUT2D eigenvalue weighted by molar-refractivity contribution is 6.32. The van der Waals surface area contributed by atoms with Gasteiger partial charge >= 0.3 is 0 Å². The van der Waals surface area contributed by atoms with Crippen molar-refractivity contribution < 1.29 is 4.52 Å². The zero-order chi connectivity index (χ0) is 17.6. The van der Waals surface area contributed by atoms with E-state index in [4.69, 9.17) is 21.9 Å². The molecule has 2 aromatic heterocycles. The van der Waals surface area contributed by atoms with Crippen molar-refractivity contribution in [3.63, 3.8) is 0 Å². The Hall–Kier alpha value is -2.25. The Labute approximate surface area is 150 Å². The molecule has 2 heterocycles. The van der Waals surface area contributed by atoms with E-state index in [0.29, 0.717) is 16.7 Å². The van der Waals surface area contributed by atoms with Crippen LogP contribution in [0.4, 0.5) is 0 Å². The van der Waals surface area contributed by atoms with E-state index in [1.165, 1.54) is 0 Å². The fraction of sp³-hybridized carbons (Fsp3) is 0.412. The van der Waals surface area contributed by atoms with Crippen LogP contribution in [0.15, 0.2) is 28.8 Å². The predicted molar refractivity (Wildman–Crippen MR) is 93.5 cm³/mol. The Balaban J connectivity index is 1.77. The predicted octanol–water partition coefficient (Wildman–Crippen LogP) is 3.43. The number of halogens is 1. The van der Waals surface area contributed by atoms with Crippen LogP contribution in [0.5, 0.6) is 0 Å². The molecule has 8 heteroatoms. The third-order valence-corrected chi connectivity index (χ3v) is 4.86. The number of rotatable bonds is 4. The van der Waals surface area contributed by atoms with Gasteiger partial charge < -0.3 is 10.3 Å². The van der Waals surface area contributed by atoms with Crippen molar-refractivity contribution in [1.29, 1.82) is 0 Å². The van der Waals surface area contributed by atoms with Gasteiger partial charge in [-0.15, -0.1) is 5.10 Å². The molecule has 1 aliphatic carbocycles. The van der Waals surface area contributed by atoms with E-state index in [1.807, 2.05) is 38.1 Å². The molecule has 1 saturated carbocycles. The summed E-state index contributed by atoms with van der Waals surface area (Å²) in [7, 11) is 0. The van der Waals surface area contributed by atoms with Gasteiger partial charge in [0.25, 0.3) is 5.89 Å². The first kappa shape index (κ1) is 16.2. The molecular formula is C17H19ClN6O. The van der Waals surface area contributed by atoms with Crippen LogP contribution in [0.3, 0.4) is 0 Å². The topological polar surface area (TPSA) is 95.7 Å². The smallest absolute Gasteiger partial charge is 0.297 e. The van der Waals surface area contributed by atoms with Crippen molar-refractivity contribution in [1.82, 2.24) is 24.9 Å². The average Bonchev–Trinajstić information content (AvgIpc) is 3.20. The van der Waals surface area contributed by atoms with Gasteiger partial charge in [0.05, 0.1) is 16.2 Å². The van der Waals surface area contributed by atoms with E-state index in [0.717, 1.165) is 30.8 Å². The zero-order valence-electron chi connectivity index (χ0n) is 14.1. The third kappa shape index (κ3) is 2.73. The lowest BCUT2D eigenvalue weighted by molar-refractivity contribution is 0.229. The van der Waals surface area contributed by atoms with Crippen molar-refractivity contribution in [2.75, 3.05) is 0 Å². The summed E-state index contributed by atoms with van der Waals surface area (Å²) < 4.78 is 7.10. The first-order valence-corrected chi connectivity index (χ1v) is 8.71.